The van der Waals surface area contributed by atoms with Crippen molar-refractivity contribution in [3.05, 3.63) is 0 Å². The molecule has 3 N–H and O–H groups in total. The van der Waals surface area contributed by atoms with Crippen LogP contribution in [-0.2, 0) is 4.74 Å². The molecule has 1 fully saturated rings. The molecule has 0 aromatic heterocycles. The molecule has 0 aromatic carbocycles. The maximum absolute atomic E-state index is 5.97. The topological polar surface area (TPSA) is 47.3 Å². The number of thioether (sulfide) groups is 1. The SMILES string of the molecule is COC(C)CNC1(CN)CSCC(C)(C)C1. The van der Waals surface area contributed by atoms with Crippen LogP contribution in [0, 0.1) is 5.41 Å². The molecule has 1 aliphatic heterocycles. The summed E-state index contributed by atoms with van der Waals surface area (Å²) in [5.74, 6) is 2.35. The van der Waals surface area contributed by atoms with Crippen molar-refractivity contribution in [3.8, 4) is 0 Å². The van der Waals surface area contributed by atoms with E-state index in [4.69, 9.17) is 10.5 Å². The molecule has 16 heavy (non-hydrogen) atoms. The summed E-state index contributed by atoms with van der Waals surface area (Å²) in [5, 5.41) is 3.62. The van der Waals surface area contributed by atoms with Crippen LogP contribution < -0.4 is 11.1 Å². The smallest absolute Gasteiger partial charge is 0.0667 e. The van der Waals surface area contributed by atoms with Crippen molar-refractivity contribution in [2.75, 3.05) is 31.7 Å². The molecule has 3 nitrogen and oxygen atoms in total. The molecule has 1 heterocycles. The van der Waals surface area contributed by atoms with Crippen LogP contribution in [0.1, 0.15) is 27.2 Å². The molecule has 4 heteroatoms. The standard InChI is InChI=1S/C12H26N2OS/c1-10(15-4)5-14-12(7-13)6-11(2,3)8-16-9-12/h10,14H,5-9,13H2,1-4H3. The largest absolute Gasteiger partial charge is 0.380 e. The monoisotopic (exact) mass is 246 g/mol. The second kappa shape index (κ2) is 5.71. The summed E-state index contributed by atoms with van der Waals surface area (Å²) >= 11 is 2.01. The van der Waals surface area contributed by atoms with Gasteiger partial charge in [-0.05, 0) is 24.5 Å². The van der Waals surface area contributed by atoms with Gasteiger partial charge in [-0.2, -0.15) is 11.8 Å². The fourth-order valence-electron chi connectivity index (χ4n) is 2.30. The van der Waals surface area contributed by atoms with Crippen molar-refractivity contribution in [1.29, 1.82) is 0 Å². The molecule has 0 radical (unpaired) electrons. The first-order valence-corrected chi connectivity index (χ1v) is 7.14. The number of ether oxygens (including phenoxy) is 1. The number of nitrogens with one attached hydrogen (secondary N) is 1. The molecule has 0 saturated carbocycles. The minimum atomic E-state index is 0.0964. The average molecular weight is 246 g/mol. The van der Waals surface area contributed by atoms with E-state index in [2.05, 4.69) is 26.1 Å². The second-order valence-corrected chi connectivity index (χ2v) is 6.73. The lowest BCUT2D eigenvalue weighted by atomic mass is 9.79. The third-order valence-corrected chi connectivity index (χ3v) is 4.99. The summed E-state index contributed by atoms with van der Waals surface area (Å²) in [5.41, 5.74) is 6.45. The van der Waals surface area contributed by atoms with Gasteiger partial charge in [0.05, 0.1) is 6.10 Å². The molecule has 96 valence electrons. The number of hydrogen-bond acceptors (Lipinski definition) is 4. The lowest BCUT2D eigenvalue weighted by Gasteiger charge is -2.45. The van der Waals surface area contributed by atoms with Crippen molar-refractivity contribution >= 4 is 11.8 Å². The van der Waals surface area contributed by atoms with E-state index in [9.17, 15) is 0 Å². The molecule has 1 saturated heterocycles. The first-order chi connectivity index (χ1) is 7.43. The van der Waals surface area contributed by atoms with Gasteiger partial charge in [-0.1, -0.05) is 13.8 Å². The molecule has 0 aliphatic carbocycles. The zero-order chi connectivity index (χ0) is 12.2. The molecular formula is C12H26N2OS. The molecule has 1 aliphatic rings. The fraction of sp³-hybridized carbons (Fsp3) is 1.00. The number of methoxy groups -OCH3 is 1. The van der Waals surface area contributed by atoms with Gasteiger partial charge in [0, 0.05) is 31.5 Å². The van der Waals surface area contributed by atoms with E-state index >= 15 is 0 Å². The van der Waals surface area contributed by atoms with E-state index in [0.717, 1.165) is 18.7 Å². The molecule has 0 aromatic rings. The Labute approximate surface area is 104 Å². The Bertz CT molecular complexity index is 223. The van der Waals surface area contributed by atoms with Gasteiger partial charge in [0.15, 0.2) is 0 Å². The van der Waals surface area contributed by atoms with Gasteiger partial charge in [-0.15, -0.1) is 0 Å². The van der Waals surface area contributed by atoms with Crippen molar-refractivity contribution in [1.82, 2.24) is 5.32 Å². The maximum Gasteiger partial charge on any atom is 0.0667 e. The number of rotatable bonds is 5. The Kier molecular flexibility index (Phi) is 5.10. The summed E-state index contributed by atoms with van der Waals surface area (Å²) in [7, 11) is 1.75. The molecule has 0 spiro atoms. The Morgan fingerprint density at radius 2 is 2.12 bits per heavy atom. The fourth-order valence-corrected chi connectivity index (χ4v) is 3.77. The molecule has 0 amide bonds. The van der Waals surface area contributed by atoms with Crippen molar-refractivity contribution in [3.63, 3.8) is 0 Å². The van der Waals surface area contributed by atoms with Crippen LogP contribution in [0.5, 0.6) is 0 Å². The summed E-state index contributed by atoms with van der Waals surface area (Å²) in [6.45, 7) is 8.32. The van der Waals surface area contributed by atoms with E-state index in [1.54, 1.807) is 7.11 Å². The van der Waals surface area contributed by atoms with E-state index in [1.165, 1.54) is 5.75 Å². The Morgan fingerprint density at radius 1 is 1.44 bits per heavy atom. The molecular weight excluding hydrogens is 220 g/mol. The first-order valence-electron chi connectivity index (χ1n) is 5.99. The quantitative estimate of drug-likeness (QED) is 0.771. The summed E-state index contributed by atoms with van der Waals surface area (Å²) in [6.07, 6.45) is 1.40. The minimum absolute atomic E-state index is 0.0964. The van der Waals surface area contributed by atoms with Crippen molar-refractivity contribution < 1.29 is 4.74 Å². The van der Waals surface area contributed by atoms with Gasteiger partial charge in [-0.25, -0.2) is 0 Å². The summed E-state index contributed by atoms with van der Waals surface area (Å²) in [6, 6.07) is 0. The third kappa shape index (κ3) is 3.91. The normalized spacial score (nSPS) is 31.3. The highest BCUT2D eigenvalue weighted by atomic mass is 32.2. The van der Waals surface area contributed by atoms with E-state index in [-0.39, 0.29) is 11.6 Å². The Morgan fingerprint density at radius 3 is 2.62 bits per heavy atom. The number of hydrogen-bond donors (Lipinski definition) is 2. The van der Waals surface area contributed by atoms with E-state index in [0.29, 0.717) is 12.0 Å². The van der Waals surface area contributed by atoms with Crippen LogP contribution >= 0.6 is 11.8 Å². The highest BCUT2D eigenvalue weighted by molar-refractivity contribution is 7.99. The molecule has 1 rings (SSSR count). The van der Waals surface area contributed by atoms with Crippen LogP contribution in [0.15, 0.2) is 0 Å². The molecule has 0 bridgehead atoms. The van der Waals surface area contributed by atoms with Gasteiger partial charge in [0.25, 0.3) is 0 Å². The van der Waals surface area contributed by atoms with Crippen molar-refractivity contribution in [2.45, 2.75) is 38.8 Å². The Hall–Kier alpha value is 0.230. The van der Waals surface area contributed by atoms with Gasteiger partial charge < -0.3 is 15.8 Å². The van der Waals surface area contributed by atoms with Crippen LogP contribution in [0.2, 0.25) is 0 Å². The number of nitrogens with two attached hydrogens (primary N) is 1. The highest BCUT2D eigenvalue weighted by Gasteiger charge is 2.39. The third-order valence-electron chi connectivity index (χ3n) is 3.25. The van der Waals surface area contributed by atoms with Gasteiger partial charge >= 0.3 is 0 Å². The van der Waals surface area contributed by atoms with Gasteiger partial charge in [0.1, 0.15) is 0 Å². The lowest BCUT2D eigenvalue weighted by Crippen LogP contribution is -2.59. The summed E-state index contributed by atoms with van der Waals surface area (Å²) in [4.78, 5) is 0. The first kappa shape index (κ1) is 14.3. The predicted octanol–water partition coefficient (Wildman–Crippen LogP) is 1.47. The molecule has 2 atom stereocenters. The van der Waals surface area contributed by atoms with E-state index in [1.807, 2.05) is 11.8 Å². The van der Waals surface area contributed by atoms with Crippen LogP contribution in [-0.4, -0.2) is 43.3 Å². The molecule has 2 unspecified atom stereocenters. The van der Waals surface area contributed by atoms with E-state index < -0.39 is 0 Å². The summed E-state index contributed by atoms with van der Waals surface area (Å²) < 4.78 is 5.27. The van der Waals surface area contributed by atoms with Crippen molar-refractivity contribution in [2.24, 2.45) is 11.1 Å². The zero-order valence-corrected chi connectivity index (χ0v) is 11.8. The average Bonchev–Trinajstić information content (AvgIpc) is 2.24. The minimum Gasteiger partial charge on any atom is -0.380 e. The second-order valence-electron chi connectivity index (χ2n) is 5.75. The highest BCUT2D eigenvalue weighted by Crippen LogP contribution is 2.38. The maximum atomic E-state index is 5.97. The zero-order valence-electron chi connectivity index (χ0n) is 11.0. The van der Waals surface area contributed by atoms with Gasteiger partial charge in [-0.3, -0.25) is 0 Å². The Balaban J connectivity index is 2.55. The van der Waals surface area contributed by atoms with Crippen LogP contribution in [0.3, 0.4) is 0 Å². The van der Waals surface area contributed by atoms with Crippen LogP contribution in [0.25, 0.3) is 0 Å². The lowest BCUT2D eigenvalue weighted by molar-refractivity contribution is 0.103. The van der Waals surface area contributed by atoms with Crippen LogP contribution in [0.4, 0.5) is 0 Å². The van der Waals surface area contributed by atoms with Gasteiger partial charge in [0.2, 0.25) is 0 Å². The predicted molar refractivity (Wildman–Crippen MR) is 72.0 cm³/mol.